The minimum atomic E-state index is -0.164. The van der Waals surface area contributed by atoms with E-state index in [4.69, 9.17) is 0 Å². The van der Waals surface area contributed by atoms with Crippen molar-refractivity contribution in [3.8, 4) is 6.07 Å². The molecule has 1 aromatic rings. The molecule has 0 radical (unpaired) electrons. The van der Waals surface area contributed by atoms with Crippen molar-refractivity contribution in [2.24, 2.45) is 5.41 Å². The van der Waals surface area contributed by atoms with Crippen LogP contribution in [0.4, 0.5) is 0 Å². The van der Waals surface area contributed by atoms with Crippen molar-refractivity contribution < 1.29 is 0 Å². The molecule has 0 fully saturated rings. The molecule has 0 saturated carbocycles. The number of thioether (sulfide) groups is 1. The van der Waals surface area contributed by atoms with E-state index in [9.17, 15) is 5.26 Å². The van der Waals surface area contributed by atoms with Crippen molar-refractivity contribution >= 4 is 11.8 Å². The Kier molecular flexibility index (Phi) is 3.25. The van der Waals surface area contributed by atoms with Gasteiger partial charge in [0.05, 0.1) is 11.5 Å². The summed E-state index contributed by atoms with van der Waals surface area (Å²) in [6.07, 6.45) is 1.93. The molecule has 0 bridgehead atoms. The summed E-state index contributed by atoms with van der Waals surface area (Å²) in [4.78, 5) is 1.41. The van der Waals surface area contributed by atoms with Crippen molar-refractivity contribution in [3.05, 3.63) is 29.8 Å². The summed E-state index contributed by atoms with van der Waals surface area (Å²) in [6.45, 7) is 4.19. The van der Waals surface area contributed by atoms with E-state index in [1.165, 1.54) is 10.5 Å². The maximum atomic E-state index is 9.24. The van der Waals surface area contributed by atoms with E-state index in [1.807, 2.05) is 11.8 Å². The van der Waals surface area contributed by atoms with Gasteiger partial charge in [0.15, 0.2) is 0 Å². The topological polar surface area (TPSA) is 23.8 Å². The second-order valence-corrected chi connectivity index (χ2v) is 5.84. The van der Waals surface area contributed by atoms with Crippen LogP contribution in [0.3, 0.4) is 0 Å². The molecule has 2 unspecified atom stereocenters. The lowest BCUT2D eigenvalue weighted by molar-refractivity contribution is 0.364. The highest BCUT2D eigenvalue weighted by Crippen LogP contribution is 2.45. The smallest absolute Gasteiger partial charge is 0.0686 e. The Labute approximate surface area is 102 Å². The third-order valence-corrected chi connectivity index (χ3v) is 4.80. The molecule has 0 aliphatic carbocycles. The first-order valence-corrected chi connectivity index (χ1v) is 6.80. The largest absolute Gasteiger partial charge is 0.198 e. The average molecular weight is 231 g/mol. The number of rotatable bonds is 3. The van der Waals surface area contributed by atoms with Crippen molar-refractivity contribution in [1.29, 1.82) is 5.26 Å². The number of benzene rings is 1. The van der Waals surface area contributed by atoms with Gasteiger partial charge in [-0.05, 0) is 37.3 Å². The number of nitrogens with zero attached hydrogens (tertiary/aromatic N) is 1. The summed E-state index contributed by atoms with van der Waals surface area (Å²) >= 11 is 1.93. The molecule has 84 valence electrons. The molecule has 1 aromatic carbocycles. The summed E-state index contributed by atoms with van der Waals surface area (Å²) in [5, 5.41) is 9.24. The van der Waals surface area contributed by atoms with E-state index in [0.29, 0.717) is 5.92 Å². The average Bonchev–Trinajstić information content (AvgIpc) is 2.73. The molecular weight excluding hydrogens is 214 g/mol. The van der Waals surface area contributed by atoms with Gasteiger partial charge in [0.2, 0.25) is 0 Å². The SMILES string of the molecule is CCC(C)(C#N)CC1CSc2ccccc21. The van der Waals surface area contributed by atoms with Crippen LogP contribution < -0.4 is 0 Å². The lowest BCUT2D eigenvalue weighted by Crippen LogP contribution is -2.16. The van der Waals surface area contributed by atoms with Crippen molar-refractivity contribution in [1.82, 2.24) is 0 Å². The summed E-state index contributed by atoms with van der Waals surface area (Å²) in [5.41, 5.74) is 1.28. The lowest BCUT2D eigenvalue weighted by Gasteiger charge is -2.23. The van der Waals surface area contributed by atoms with Crippen LogP contribution in [0.15, 0.2) is 29.2 Å². The van der Waals surface area contributed by atoms with Gasteiger partial charge in [-0.25, -0.2) is 0 Å². The zero-order chi connectivity index (χ0) is 11.6. The molecule has 0 aromatic heterocycles. The molecule has 0 amide bonds. The standard InChI is InChI=1S/C14H17NS/c1-3-14(2,10-15)8-11-9-16-13-7-5-4-6-12(11)13/h4-7,11H,3,8-9H2,1-2H3. The first kappa shape index (κ1) is 11.5. The summed E-state index contributed by atoms with van der Waals surface area (Å²) in [5.74, 6) is 1.70. The Balaban J connectivity index is 2.18. The highest BCUT2D eigenvalue weighted by Gasteiger charge is 2.31. The summed E-state index contributed by atoms with van der Waals surface area (Å²) < 4.78 is 0. The Morgan fingerprint density at radius 1 is 1.50 bits per heavy atom. The molecule has 0 saturated heterocycles. The fraction of sp³-hybridized carbons (Fsp3) is 0.500. The second kappa shape index (κ2) is 4.51. The Bertz CT molecular complexity index is 421. The van der Waals surface area contributed by atoms with Crippen LogP contribution in [0.1, 0.15) is 38.2 Å². The number of hydrogen-bond donors (Lipinski definition) is 0. The molecule has 1 aliphatic rings. The normalized spacial score (nSPS) is 22.2. The first-order valence-electron chi connectivity index (χ1n) is 5.81. The van der Waals surface area contributed by atoms with E-state index >= 15 is 0 Å². The minimum Gasteiger partial charge on any atom is -0.198 e. The number of hydrogen-bond acceptors (Lipinski definition) is 2. The van der Waals surface area contributed by atoms with Crippen LogP contribution in [-0.4, -0.2) is 5.75 Å². The van der Waals surface area contributed by atoms with Crippen LogP contribution in [0.25, 0.3) is 0 Å². The molecule has 0 N–H and O–H groups in total. The predicted octanol–water partition coefficient (Wildman–Crippen LogP) is 4.21. The van der Waals surface area contributed by atoms with Crippen LogP contribution in [0.2, 0.25) is 0 Å². The molecule has 0 spiro atoms. The Morgan fingerprint density at radius 2 is 2.25 bits per heavy atom. The maximum Gasteiger partial charge on any atom is 0.0686 e. The highest BCUT2D eigenvalue weighted by atomic mass is 32.2. The van der Waals surface area contributed by atoms with Gasteiger partial charge in [-0.1, -0.05) is 25.1 Å². The summed E-state index contributed by atoms with van der Waals surface area (Å²) in [7, 11) is 0. The van der Waals surface area contributed by atoms with Crippen LogP contribution >= 0.6 is 11.8 Å². The molecule has 16 heavy (non-hydrogen) atoms. The summed E-state index contributed by atoms with van der Waals surface area (Å²) in [6, 6.07) is 11.1. The van der Waals surface area contributed by atoms with E-state index in [2.05, 4.69) is 44.2 Å². The fourth-order valence-electron chi connectivity index (χ4n) is 2.21. The van der Waals surface area contributed by atoms with E-state index in [1.54, 1.807) is 0 Å². The predicted molar refractivity (Wildman–Crippen MR) is 68.5 cm³/mol. The molecule has 2 rings (SSSR count). The second-order valence-electron chi connectivity index (χ2n) is 4.78. The van der Waals surface area contributed by atoms with Crippen molar-refractivity contribution in [2.75, 3.05) is 5.75 Å². The van der Waals surface area contributed by atoms with E-state index < -0.39 is 0 Å². The van der Waals surface area contributed by atoms with Crippen LogP contribution in [-0.2, 0) is 0 Å². The van der Waals surface area contributed by atoms with Gasteiger partial charge < -0.3 is 0 Å². The Hall–Kier alpha value is -0.940. The molecule has 2 heteroatoms. The zero-order valence-electron chi connectivity index (χ0n) is 9.86. The number of fused-ring (bicyclic) bond motifs is 1. The van der Waals surface area contributed by atoms with Crippen molar-refractivity contribution in [2.45, 2.75) is 37.5 Å². The highest BCUT2D eigenvalue weighted by molar-refractivity contribution is 7.99. The molecule has 1 nitrogen and oxygen atoms in total. The Morgan fingerprint density at radius 3 is 2.94 bits per heavy atom. The molecule has 2 atom stereocenters. The van der Waals surface area contributed by atoms with E-state index in [0.717, 1.165) is 18.6 Å². The monoisotopic (exact) mass is 231 g/mol. The van der Waals surface area contributed by atoms with Gasteiger partial charge in [-0.3, -0.25) is 0 Å². The molecule has 1 heterocycles. The van der Waals surface area contributed by atoms with Gasteiger partial charge in [0, 0.05) is 10.6 Å². The zero-order valence-corrected chi connectivity index (χ0v) is 10.7. The minimum absolute atomic E-state index is 0.164. The van der Waals surface area contributed by atoms with E-state index in [-0.39, 0.29) is 5.41 Å². The van der Waals surface area contributed by atoms with Crippen molar-refractivity contribution in [3.63, 3.8) is 0 Å². The molecular formula is C14H17NS. The van der Waals surface area contributed by atoms with Crippen LogP contribution in [0.5, 0.6) is 0 Å². The third kappa shape index (κ3) is 2.10. The van der Waals surface area contributed by atoms with Gasteiger partial charge in [0.25, 0.3) is 0 Å². The quantitative estimate of drug-likeness (QED) is 0.778. The van der Waals surface area contributed by atoms with Gasteiger partial charge >= 0.3 is 0 Å². The van der Waals surface area contributed by atoms with Gasteiger partial charge in [0.1, 0.15) is 0 Å². The number of nitriles is 1. The van der Waals surface area contributed by atoms with Gasteiger partial charge in [-0.15, -0.1) is 11.8 Å². The first-order chi connectivity index (χ1) is 7.68. The lowest BCUT2D eigenvalue weighted by atomic mass is 9.78. The third-order valence-electron chi connectivity index (χ3n) is 3.55. The van der Waals surface area contributed by atoms with Gasteiger partial charge in [-0.2, -0.15) is 5.26 Å². The maximum absolute atomic E-state index is 9.24. The fourth-order valence-corrected chi connectivity index (χ4v) is 3.47. The molecule has 1 aliphatic heterocycles. The van der Waals surface area contributed by atoms with Crippen LogP contribution in [0, 0.1) is 16.7 Å².